The van der Waals surface area contributed by atoms with Crippen LogP contribution in [0.1, 0.15) is 54.9 Å². The number of rotatable bonds is 3. The highest BCUT2D eigenvalue weighted by Crippen LogP contribution is 2.64. The molecule has 1 amide bonds. The first-order valence-corrected chi connectivity index (χ1v) is 13.2. The number of piperidine rings is 1. The Balaban J connectivity index is 1.40. The van der Waals surface area contributed by atoms with Gasteiger partial charge in [0.15, 0.2) is 0 Å². The Morgan fingerprint density at radius 1 is 1.06 bits per heavy atom. The van der Waals surface area contributed by atoms with E-state index in [-0.39, 0.29) is 29.1 Å². The van der Waals surface area contributed by atoms with E-state index in [1.54, 1.807) is 16.7 Å². The molecule has 6 rings (SSSR count). The van der Waals surface area contributed by atoms with Crippen LogP contribution < -0.4 is 4.87 Å². The number of amides is 1. The number of likely N-dealkylation sites (tertiary alicyclic amines) is 1. The third-order valence-corrected chi connectivity index (χ3v) is 10.7. The third kappa shape index (κ3) is 3.30. The van der Waals surface area contributed by atoms with Crippen LogP contribution >= 0.6 is 23.1 Å². The first-order valence-electron chi connectivity index (χ1n) is 11.5. The summed E-state index contributed by atoms with van der Waals surface area (Å²) in [4.78, 5) is 29.1. The molecular formula is C24H27FN2O2S2. The molecule has 4 nitrogen and oxygen atoms in total. The van der Waals surface area contributed by atoms with E-state index in [0.29, 0.717) is 23.0 Å². The fourth-order valence-corrected chi connectivity index (χ4v) is 9.66. The van der Waals surface area contributed by atoms with Gasteiger partial charge in [0.25, 0.3) is 0 Å². The van der Waals surface area contributed by atoms with Crippen molar-refractivity contribution in [2.45, 2.75) is 61.3 Å². The van der Waals surface area contributed by atoms with Crippen molar-refractivity contribution >= 4 is 29.0 Å². The SMILES string of the molecule is O=C(Cn1c2c(sc1=O)[C@@H](c1ccc(F)cc1)C1C3CCC(C3)C1S2)N1CCCCC1. The summed E-state index contributed by atoms with van der Waals surface area (Å²) in [6, 6.07) is 6.88. The highest BCUT2D eigenvalue weighted by molar-refractivity contribution is 8.00. The number of thioether (sulfide) groups is 1. The van der Waals surface area contributed by atoms with E-state index in [4.69, 9.17) is 0 Å². The van der Waals surface area contributed by atoms with E-state index >= 15 is 0 Å². The lowest BCUT2D eigenvalue weighted by atomic mass is 9.75. The summed E-state index contributed by atoms with van der Waals surface area (Å²) in [6.07, 6.45) is 7.09. The van der Waals surface area contributed by atoms with Gasteiger partial charge in [-0.05, 0) is 74.0 Å². The predicted octanol–water partition coefficient (Wildman–Crippen LogP) is 4.71. The fraction of sp³-hybridized carbons (Fsp3) is 0.583. The number of carbonyl (C=O) groups excluding carboxylic acids is 1. The molecule has 1 aromatic heterocycles. The molecule has 2 aromatic rings. The van der Waals surface area contributed by atoms with Gasteiger partial charge in [0, 0.05) is 29.1 Å². The Morgan fingerprint density at radius 3 is 2.58 bits per heavy atom. The Morgan fingerprint density at radius 2 is 1.81 bits per heavy atom. The van der Waals surface area contributed by atoms with Crippen LogP contribution in [-0.4, -0.2) is 33.7 Å². The number of nitrogens with zero attached hydrogens (tertiary/aromatic N) is 2. The Hall–Kier alpha value is -1.60. The number of thiazole rings is 1. The number of hydrogen-bond acceptors (Lipinski definition) is 4. The van der Waals surface area contributed by atoms with Gasteiger partial charge < -0.3 is 4.90 Å². The molecule has 4 aliphatic rings. The minimum atomic E-state index is -0.225. The zero-order valence-corrected chi connectivity index (χ0v) is 19.1. The fourth-order valence-electron chi connectivity index (χ4n) is 6.51. The van der Waals surface area contributed by atoms with Crippen LogP contribution in [0.15, 0.2) is 34.1 Å². The Bertz CT molecular complexity index is 1060. The maximum atomic E-state index is 13.7. The molecule has 1 saturated heterocycles. The minimum absolute atomic E-state index is 0.0257. The molecule has 3 fully saturated rings. The maximum absolute atomic E-state index is 13.7. The molecular weight excluding hydrogens is 431 g/mol. The standard InChI is InChI=1S/C24H27FN2O2S2/c25-17-8-6-14(7-9-17)19-20-15-4-5-16(12-15)21(20)30-23-22(19)31-24(29)27(23)13-18(28)26-10-2-1-3-11-26/h6-9,15-16,19-21H,1-5,10-13H2/t15?,16?,19-,20?,21?/m0/s1. The van der Waals surface area contributed by atoms with Crippen LogP contribution in [0.4, 0.5) is 4.39 Å². The number of fused-ring (bicyclic) bond motifs is 6. The summed E-state index contributed by atoms with van der Waals surface area (Å²) < 4.78 is 15.4. The van der Waals surface area contributed by atoms with Crippen molar-refractivity contribution in [1.29, 1.82) is 0 Å². The summed E-state index contributed by atoms with van der Waals surface area (Å²) in [7, 11) is 0. The molecule has 2 saturated carbocycles. The van der Waals surface area contributed by atoms with E-state index in [2.05, 4.69) is 0 Å². The van der Waals surface area contributed by atoms with E-state index < -0.39 is 0 Å². The second-order valence-corrected chi connectivity index (χ2v) is 11.7. The van der Waals surface area contributed by atoms with Gasteiger partial charge in [0.1, 0.15) is 12.4 Å². The lowest BCUT2D eigenvalue weighted by molar-refractivity contribution is -0.132. The van der Waals surface area contributed by atoms with E-state index in [1.165, 1.54) is 37.0 Å². The summed E-state index contributed by atoms with van der Waals surface area (Å²) >= 11 is 3.17. The predicted molar refractivity (Wildman–Crippen MR) is 121 cm³/mol. The number of carbonyl (C=O) groups is 1. The lowest BCUT2D eigenvalue weighted by Crippen LogP contribution is -2.39. The largest absolute Gasteiger partial charge is 0.341 e. The molecule has 31 heavy (non-hydrogen) atoms. The molecule has 2 aliphatic heterocycles. The van der Waals surface area contributed by atoms with Crippen LogP contribution in [0.3, 0.4) is 0 Å². The molecule has 4 unspecified atom stereocenters. The maximum Gasteiger partial charge on any atom is 0.308 e. The van der Waals surface area contributed by atoms with Crippen LogP contribution in [0.25, 0.3) is 0 Å². The monoisotopic (exact) mass is 458 g/mol. The molecule has 1 aromatic carbocycles. The van der Waals surface area contributed by atoms with Gasteiger partial charge in [0.2, 0.25) is 5.91 Å². The number of benzene rings is 1. The molecule has 7 heteroatoms. The highest BCUT2D eigenvalue weighted by atomic mass is 32.2. The molecule has 2 bridgehead atoms. The van der Waals surface area contributed by atoms with E-state index in [9.17, 15) is 14.0 Å². The second kappa shape index (κ2) is 7.77. The average Bonchev–Trinajstić information content (AvgIpc) is 3.48. The van der Waals surface area contributed by atoms with Crippen molar-refractivity contribution in [3.05, 3.63) is 50.2 Å². The van der Waals surface area contributed by atoms with Crippen molar-refractivity contribution in [3.63, 3.8) is 0 Å². The van der Waals surface area contributed by atoms with Gasteiger partial charge in [-0.2, -0.15) is 0 Å². The molecule has 0 spiro atoms. The smallest absolute Gasteiger partial charge is 0.308 e. The molecule has 0 N–H and O–H groups in total. The van der Waals surface area contributed by atoms with Gasteiger partial charge in [-0.1, -0.05) is 23.5 Å². The average molecular weight is 459 g/mol. The summed E-state index contributed by atoms with van der Waals surface area (Å²) in [5.41, 5.74) is 1.11. The zero-order chi connectivity index (χ0) is 21.1. The summed E-state index contributed by atoms with van der Waals surface area (Å²) in [6.45, 7) is 1.76. The van der Waals surface area contributed by atoms with Crippen LogP contribution in [0.5, 0.6) is 0 Å². The molecule has 2 aliphatic carbocycles. The normalized spacial score (nSPS) is 31.5. The highest BCUT2D eigenvalue weighted by Gasteiger charge is 2.55. The zero-order valence-electron chi connectivity index (χ0n) is 17.5. The van der Waals surface area contributed by atoms with Gasteiger partial charge >= 0.3 is 4.87 Å². The quantitative estimate of drug-likeness (QED) is 0.669. The van der Waals surface area contributed by atoms with Gasteiger partial charge in [0.05, 0.1) is 5.03 Å². The van der Waals surface area contributed by atoms with Gasteiger partial charge in [-0.15, -0.1) is 11.8 Å². The van der Waals surface area contributed by atoms with Gasteiger partial charge in [-0.3, -0.25) is 14.2 Å². The number of hydrogen-bond donors (Lipinski definition) is 0. The molecule has 5 atom stereocenters. The molecule has 3 heterocycles. The lowest BCUT2D eigenvalue weighted by Gasteiger charge is -2.40. The van der Waals surface area contributed by atoms with E-state index in [0.717, 1.165) is 41.4 Å². The molecule has 0 radical (unpaired) electrons. The molecule has 164 valence electrons. The van der Waals surface area contributed by atoms with Crippen LogP contribution in [0.2, 0.25) is 0 Å². The first-order chi connectivity index (χ1) is 15.1. The topological polar surface area (TPSA) is 42.3 Å². The number of aromatic nitrogens is 1. The van der Waals surface area contributed by atoms with Crippen molar-refractivity contribution in [3.8, 4) is 0 Å². The first kappa shape index (κ1) is 20.0. The Kier molecular flexibility index (Phi) is 5.02. The van der Waals surface area contributed by atoms with Crippen LogP contribution in [0, 0.1) is 23.6 Å². The van der Waals surface area contributed by atoms with Crippen LogP contribution in [-0.2, 0) is 11.3 Å². The third-order valence-electron chi connectivity index (χ3n) is 7.92. The summed E-state index contributed by atoms with van der Waals surface area (Å²) in [5, 5.41) is 1.50. The Labute approximate surface area is 189 Å². The van der Waals surface area contributed by atoms with Crippen molar-refractivity contribution in [2.75, 3.05) is 13.1 Å². The minimum Gasteiger partial charge on any atom is -0.341 e. The van der Waals surface area contributed by atoms with Crippen molar-refractivity contribution in [2.24, 2.45) is 17.8 Å². The van der Waals surface area contributed by atoms with Gasteiger partial charge in [-0.25, -0.2) is 4.39 Å². The van der Waals surface area contributed by atoms with Crippen molar-refractivity contribution < 1.29 is 9.18 Å². The van der Waals surface area contributed by atoms with E-state index in [1.807, 2.05) is 28.8 Å². The second-order valence-electron chi connectivity index (χ2n) is 9.59. The number of halogens is 1. The summed E-state index contributed by atoms with van der Waals surface area (Å²) in [5.74, 6) is 1.86. The van der Waals surface area contributed by atoms with Crippen molar-refractivity contribution in [1.82, 2.24) is 9.47 Å².